The fraction of sp³-hybridized carbons (Fsp3) is 0.318. The zero-order valence-corrected chi connectivity index (χ0v) is 17.9. The van der Waals surface area contributed by atoms with Gasteiger partial charge in [0.05, 0.1) is 17.3 Å². The number of ether oxygens (including phenoxy) is 2. The van der Waals surface area contributed by atoms with Crippen LogP contribution in [-0.4, -0.2) is 22.5 Å². The number of carbonyl (C=O) groups is 1. The number of pyridine rings is 1. The molecule has 0 atom stereocenters. The number of benzene rings is 1. The van der Waals surface area contributed by atoms with Crippen molar-refractivity contribution in [1.29, 1.82) is 0 Å². The number of aryl methyl sites for hydroxylation is 1. The lowest BCUT2D eigenvalue weighted by atomic mass is 10.2. The van der Waals surface area contributed by atoms with Crippen LogP contribution in [0, 0.1) is 6.92 Å². The second kappa shape index (κ2) is 9.52. The van der Waals surface area contributed by atoms with Crippen molar-refractivity contribution in [2.45, 2.75) is 40.2 Å². The highest BCUT2D eigenvalue weighted by atomic mass is 32.1. The Morgan fingerprint density at radius 1 is 1.17 bits per heavy atom. The topological polar surface area (TPSA) is 73.3 Å². The van der Waals surface area contributed by atoms with Crippen molar-refractivity contribution in [1.82, 2.24) is 15.3 Å². The zero-order valence-electron chi connectivity index (χ0n) is 17.1. The van der Waals surface area contributed by atoms with E-state index in [-0.39, 0.29) is 5.91 Å². The fourth-order valence-electron chi connectivity index (χ4n) is 2.65. The molecule has 1 N–H and O–H groups in total. The molecule has 2 aromatic heterocycles. The average Bonchev–Trinajstić information content (AvgIpc) is 3.10. The highest BCUT2D eigenvalue weighted by Crippen LogP contribution is 2.25. The molecule has 0 aliphatic heterocycles. The van der Waals surface area contributed by atoms with Crippen molar-refractivity contribution in [3.05, 3.63) is 63.7 Å². The molecule has 0 fully saturated rings. The van der Waals surface area contributed by atoms with Crippen LogP contribution in [0.4, 0.5) is 0 Å². The normalized spacial score (nSPS) is 10.8. The molecule has 6 nitrogen and oxygen atoms in total. The van der Waals surface area contributed by atoms with Crippen LogP contribution in [0.2, 0.25) is 0 Å². The van der Waals surface area contributed by atoms with Crippen LogP contribution < -0.4 is 14.8 Å². The van der Waals surface area contributed by atoms with Crippen molar-refractivity contribution in [3.8, 4) is 17.4 Å². The first-order valence-electron chi connectivity index (χ1n) is 9.57. The Morgan fingerprint density at radius 3 is 2.55 bits per heavy atom. The van der Waals surface area contributed by atoms with Crippen molar-refractivity contribution in [2.24, 2.45) is 0 Å². The number of aromatic nitrogens is 2. The second-order valence-corrected chi connectivity index (χ2v) is 7.84. The highest BCUT2D eigenvalue weighted by Gasteiger charge is 2.16. The molecule has 1 aromatic carbocycles. The average molecular weight is 412 g/mol. The maximum Gasteiger partial charge on any atom is 0.263 e. The summed E-state index contributed by atoms with van der Waals surface area (Å²) in [6.45, 7) is 8.96. The molecule has 0 bridgehead atoms. The molecule has 0 spiro atoms. The lowest BCUT2D eigenvalue weighted by molar-refractivity contribution is 0.0954. The summed E-state index contributed by atoms with van der Waals surface area (Å²) in [5.41, 5.74) is 1.67. The third-order valence-corrected chi connectivity index (χ3v) is 5.58. The van der Waals surface area contributed by atoms with Crippen molar-refractivity contribution >= 4 is 17.2 Å². The molecule has 0 unspecified atom stereocenters. The number of rotatable bonds is 8. The minimum atomic E-state index is -0.113. The van der Waals surface area contributed by atoms with E-state index in [1.807, 2.05) is 50.2 Å². The van der Waals surface area contributed by atoms with E-state index in [4.69, 9.17) is 9.47 Å². The van der Waals surface area contributed by atoms with E-state index in [0.29, 0.717) is 35.6 Å². The predicted octanol–water partition coefficient (Wildman–Crippen LogP) is 5.09. The summed E-state index contributed by atoms with van der Waals surface area (Å²) in [6.07, 6.45) is 1.67. The van der Waals surface area contributed by atoms with Crippen molar-refractivity contribution in [3.63, 3.8) is 0 Å². The van der Waals surface area contributed by atoms with Crippen LogP contribution in [0.3, 0.4) is 0 Å². The molecule has 7 heteroatoms. The van der Waals surface area contributed by atoms with Gasteiger partial charge in [-0.3, -0.25) is 4.79 Å². The van der Waals surface area contributed by atoms with Gasteiger partial charge in [-0.15, -0.1) is 11.3 Å². The number of thiazole rings is 1. The Hall–Kier alpha value is -2.93. The van der Waals surface area contributed by atoms with Crippen LogP contribution in [-0.2, 0) is 6.54 Å². The highest BCUT2D eigenvalue weighted by molar-refractivity contribution is 7.13. The van der Waals surface area contributed by atoms with Crippen LogP contribution in [0.1, 0.15) is 52.6 Å². The maximum absolute atomic E-state index is 12.5. The van der Waals surface area contributed by atoms with E-state index in [9.17, 15) is 4.79 Å². The van der Waals surface area contributed by atoms with Gasteiger partial charge in [0.25, 0.3) is 5.91 Å². The number of hydrogen-bond acceptors (Lipinski definition) is 6. The minimum absolute atomic E-state index is 0.113. The second-order valence-electron chi connectivity index (χ2n) is 6.81. The summed E-state index contributed by atoms with van der Waals surface area (Å²) in [7, 11) is 0. The molecule has 0 aliphatic carbocycles. The van der Waals surface area contributed by atoms with Gasteiger partial charge in [0.2, 0.25) is 5.88 Å². The van der Waals surface area contributed by atoms with Crippen molar-refractivity contribution < 1.29 is 14.3 Å². The fourth-order valence-corrected chi connectivity index (χ4v) is 3.63. The summed E-state index contributed by atoms with van der Waals surface area (Å²) in [5.74, 6) is 2.13. The molecular weight excluding hydrogens is 386 g/mol. The van der Waals surface area contributed by atoms with E-state index in [1.54, 1.807) is 6.20 Å². The van der Waals surface area contributed by atoms with Gasteiger partial charge in [0.15, 0.2) is 0 Å². The molecule has 3 aromatic rings. The molecule has 0 saturated carbocycles. The monoisotopic (exact) mass is 411 g/mol. The quantitative estimate of drug-likeness (QED) is 0.559. The smallest absolute Gasteiger partial charge is 0.263 e. The number of amides is 1. The molecule has 29 heavy (non-hydrogen) atoms. The molecule has 2 heterocycles. The Bertz CT molecular complexity index is 968. The standard InChI is InChI=1S/C22H25N3O3S/c1-5-27-17-6-8-18(9-7-17)28-19-12-16(10-11-23-19)13-24-21(26)20-15(4)25-22(29-20)14(2)3/h6-12,14H,5,13H2,1-4H3,(H,24,26). The third kappa shape index (κ3) is 5.54. The van der Waals surface area contributed by atoms with Crippen LogP contribution in [0.5, 0.6) is 17.4 Å². The molecular formula is C22H25N3O3S. The van der Waals surface area contributed by atoms with Crippen LogP contribution in [0.15, 0.2) is 42.6 Å². The van der Waals surface area contributed by atoms with E-state index >= 15 is 0 Å². The molecule has 0 aliphatic rings. The largest absolute Gasteiger partial charge is 0.494 e. The summed E-state index contributed by atoms with van der Waals surface area (Å²) >= 11 is 1.45. The third-order valence-electron chi connectivity index (χ3n) is 4.12. The van der Waals surface area contributed by atoms with Gasteiger partial charge in [-0.25, -0.2) is 9.97 Å². The van der Waals surface area contributed by atoms with Crippen LogP contribution in [0.25, 0.3) is 0 Å². The summed E-state index contributed by atoms with van der Waals surface area (Å²) in [4.78, 5) is 21.9. The Kier molecular flexibility index (Phi) is 6.82. The maximum atomic E-state index is 12.5. The Balaban J connectivity index is 1.61. The zero-order chi connectivity index (χ0) is 20.8. The minimum Gasteiger partial charge on any atom is -0.494 e. The number of nitrogens with one attached hydrogen (secondary N) is 1. The first-order chi connectivity index (χ1) is 14.0. The van der Waals surface area contributed by atoms with Crippen molar-refractivity contribution in [2.75, 3.05) is 6.61 Å². The van der Waals surface area contributed by atoms with E-state index < -0.39 is 0 Å². The van der Waals surface area contributed by atoms with Gasteiger partial charge in [0, 0.05) is 24.7 Å². The van der Waals surface area contributed by atoms with E-state index in [2.05, 4.69) is 29.1 Å². The molecule has 1 amide bonds. The lowest BCUT2D eigenvalue weighted by Crippen LogP contribution is -2.22. The van der Waals surface area contributed by atoms with Crippen LogP contribution >= 0.6 is 11.3 Å². The number of carbonyl (C=O) groups excluding carboxylic acids is 1. The van der Waals surface area contributed by atoms with Gasteiger partial charge >= 0.3 is 0 Å². The summed E-state index contributed by atoms with van der Waals surface area (Å²) in [5, 5.41) is 3.93. The first-order valence-corrected chi connectivity index (χ1v) is 10.4. The first kappa shape index (κ1) is 20.8. The lowest BCUT2D eigenvalue weighted by Gasteiger charge is -2.09. The molecule has 0 saturated heterocycles. The Labute approximate surface area is 174 Å². The molecule has 0 radical (unpaired) electrons. The SMILES string of the molecule is CCOc1ccc(Oc2cc(CNC(=O)c3sc(C(C)C)nc3C)ccn2)cc1. The van der Waals surface area contributed by atoms with Gasteiger partial charge in [0.1, 0.15) is 16.4 Å². The van der Waals surface area contributed by atoms with Gasteiger partial charge in [-0.2, -0.15) is 0 Å². The predicted molar refractivity (Wildman–Crippen MR) is 114 cm³/mol. The molecule has 152 valence electrons. The van der Waals surface area contributed by atoms with E-state index in [1.165, 1.54) is 11.3 Å². The molecule has 3 rings (SSSR count). The van der Waals surface area contributed by atoms with Gasteiger partial charge in [-0.1, -0.05) is 13.8 Å². The number of hydrogen-bond donors (Lipinski definition) is 1. The summed E-state index contributed by atoms with van der Waals surface area (Å²) < 4.78 is 11.2. The van der Waals surface area contributed by atoms with Gasteiger partial charge in [-0.05, 0) is 49.7 Å². The van der Waals surface area contributed by atoms with E-state index in [0.717, 1.165) is 22.0 Å². The summed E-state index contributed by atoms with van der Waals surface area (Å²) in [6, 6.07) is 11.0. The van der Waals surface area contributed by atoms with Gasteiger partial charge < -0.3 is 14.8 Å². The number of nitrogens with zero attached hydrogens (tertiary/aromatic N) is 2. The Morgan fingerprint density at radius 2 is 1.90 bits per heavy atom.